The Morgan fingerprint density at radius 3 is 2.43 bits per heavy atom. The SMILES string of the molecule is C[C@H](C1CC1)N(Cc1ccccc1)C(=O)COC(=O)/C=C/c1ccc([N+](=O)[O-])cc1. The topological polar surface area (TPSA) is 89.8 Å². The van der Waals surface area contributed by atoms with Gasteiger partial charge in [-0.25, -0.2) is 4.79 Å². The standard InChI is InChI=1S/C23H24N2O5/c1-17(20-10-11-20)24(15-19-5-3-2-4-6-19)22(26)16-30-23(27)14-9-18-7-12-21(13-8-18)25(28)29/h2-9,12-14,17,20H,10-11,15-16H2,1H3/b14-9+/t17-/m1/s1. The van der Waals surface area contributed by atoms with Crippen LogP contribution >= 0.6 is 0 Å². The van der Waals surface area contributed by atoms with Gasteiger partial charge < -0.3 is 9.64 Å². The molecule has 0 aliphatic heterocycles. The highest BCUT2D eigenvalue weighted by Crippen LogP contribution is 2.35. The van der Waals surface area contributed by atoms with E-state index in [2.05, 4.69) is 0 Å². The Hall–Kier alpha value is -3.48. The second kappa shape index (κ2) is 9.82. The van der Waals surface area contributed by atoms with Gasteiger partial charge in [0.25, 0.3) is 11.6 Å². The maximum absolute atomic E-state index is 12.8. The smallest absolute Gasteiger partial charge is 0.331 e. The van der Waals surface area contributed by atoms with Crippen LogP contribution in [-0.4, -0.2) is 34.3 Å². The minimum Gasteiger partial charge on any atom is -0.452 e. The Morgan fingerprint density at radius 1 is 1.17 bits per heavy atom. The molecule has 1 aliphatic carbocycles. The number of non-ortho nitro benzene ring substituents is 1. The number of nitro groups is 1. The maximum Gasteiger partial charge on any atom is 0.331 e. The van der Waals surface area contributed by atoms with E-state index in [0.29, 0.717) is 18.0 Å². The second-order valence-corrected chi connectivity index (χ2v) is 7.37. The number of amides is 1. The molecule has 0 spiro atoms. The molecular formula is C23H24N2O5. The Bertz CT molecular complexity index is 920. The number of ether oxygens (including phenoxy) is 1. The zero-order valence-electron chi connectivity index (χ0n) is 16.8. The zero-order valence-corrected chi connectivity index (χ0v) is 16.8. The largest absolute Gasteiger partial charge is 0.452 e. The number of nitro benzene ring substituents is 1. The van der Waals surface area contributed by atoms with Crippen LogP contribution in [0.3, 0.4) is 0 Å². The van der Waals surface area contributed by atoms with E-state index in [1.807, 2.05) is 37.3 Å². The van der Waals surface area contributed by atoms with Gasteiger partial charge in [-0.05, 0) is 55.0 Å². The monoisotopic (exact) mass is 408 g/mol. The molecule has 1 fully saturated rings. The van der Waals surface area contributed by atoms with Gasteiger partial charge in [-0.15, -0.1) is 0 Å². The Kier molecular flexibility index (Phi) is 6.95. The Morgan fingerprint density at radius 2 is 1.83 bits per heavy atom. The fourth-order valence-corrected chi connectivity index (χ4v) is 3.21. The minimum atomic E-state index is -0.638. The van der Waals surface area contributed by atoms with Crippen molar-refractivity contribution in [3.05, 3.63) is 81.9 Å². The van der Waals surface area contributed by atoms with E-state index >= 15 is 0 Å². The van der Waals surface area contributed by atoms with Crippen LogP contribution in [-0.2, 0) is 20.9 Å². The normalized spacial score (nSPS) is 14.3. The fourth-order valence-electron chi connectivity index (χ4n) is 3.21. The summed E-state index contributed by atoms with van der Waals surface area (Å²) in [6.45, 7) is 2.19. The molecule has 1 atom stereocenters. The summed E-state index contributed by atoms with van der Waals surface area (Å²) in [5, 5.41) is 10.7. The van der Waals surface area contributed by atoms with Crippen molar-refractivity contribution < 1.29 is 19.2 Å². The molecule has 1 amide bonds. The Balaban J connectivity index is 1.55. The van der Waals surface area contributed by atoms with E-state index in [4.69, 9.17) is 4.74 Å². The van der Waals surface area contributed by atoms with Crippen molar-refractivity contribution in [1.82, 2.24) is 4.90 Å². The maximum atomic E-state index is 12.8. The van der Waals surface area contributed by atoms with Crippen molar-refractivity contribution in [3.63, 3.8) is 0 Å². The molecule has 0 aromatic heterocycles. The summed E-state index contributed by atoms with van der Waals surface area (Å²) in [5.41, 5.74) is 1.63. The number of hydrogen-bond donors (Lipinski definition) is 0. The van der Waals surface area contributed by atoms with Crippen LogP contribution in [0, 0.1) is 16.0 Å². The molecule has 0 unspecified atom stereocenters. The first-order valence-corrected chi connectivity index (χ1v) is 9.86. The first kappa shape index (κ1) is 21.2. The van der Waals surface area contributed by atoms with Gasteiger partial charge in [-0.2, -0.15) is 0 Å². The summed E-state index contributed by atoms with van der Waals surface area (Å²) in [4.78, 5) is 36.7. The first-order valence-electron chi connectivity index (χ1n) is 9.86. The molecule has 1 saturated carbocycles. The molecule has 7 nitrogen and oxygen atoms in total. The van der Waals surface area contributed by atoms with Crippen LogP contribution in [0.25, 0.3) is 6.08 Å². The molecule has 7 heteroatoms. The van der Waals surface area contributed by atoms with E-state index in [1.54, 1.807) is 4.90 Å². The fraction of sp³-hybridized carbons (Fsp3) is 0.304. The van der Waals surface area contributed by atoms with E-state index < -0.39 is 10.9 Å². The number of carbonyl (C=O) groups is 2. The summed E-state index contributed by atoms with van der Waals surface area (Å²) >= 11 is 0. The van der Waals surface area contributed by atoms with Crippen LogP contribution < -0.4 is 0 Å². The molecule has 2 aromatic rings. The third-order valence-electron chi connectivity index (χ3n) is 5.17. The van der Waals surface area contributed by atoms with Gasteiger partial charge >= 0.3 is 5.97 Å². The molecule has 0 radical (unpaired) electrons. The lowest BCUT2D eigenvalue weighted by molar-refractivity contribution is -0.384. The summed E-state index contributed by atoms with van der Waals surface area (Å²) in [5.74, 6) is -0.369. The summed E-state index contributed by atoms with van der Waals surface area (Å²) in [7, 11) is 0. The Labute approximate surface area is 175 Å². The third kappa shape index (κ3) is 6.01. The average molecular weight is 408 g/mol. The highest BCUT2D eigenvalue weighted by atomic mass is 16.6. The summed E-state index contributed by atoms with van der Waals surface area (Å²) in [6.07, 6.45) is 4.92. The molecule has 0 heterocycles. The number of nitrogens with zero attached hydrogens (tertiary/aromatic N) is 2. The van der Waals surface area contributed by atoms with Gasteiger partial charge in [-0.1, -0.05) is 30.3 Å². The van der Waals surface area contributed by atoms with Crippen molar-refractivity contribution in [2.24, 2.45) is 5.92 Å². The van der Waals surface area contributed by atoms with Crippen molar-refractivity contribution in [1.29, 1.82) is 0 Å². The summed E-state index contributed by atoms with van der Waals surface area (Å²) in [6, 6.07) is 15.6. The van der Waals surface area contributed by atoms with E-state index in [1.165, 1.54) is 36.4 Å². The van der Waals surface area contributed by atoms with Crippen LogP contribution in [0.2, 0.25) is 0 Å². The predicted octanol–water partition coefficient (Wildman–Crippen LogP) is 3.98. The molecule has 3 rings (SSSR count). The van der Waals surface area contributed by atoms with Crippen LogP contribution in [0.15, 0.2) is 60.7 Å². The van der Waals surface area contributed by atoms with Gasteiger partial charge in [0.1, 0.15) is 0 Å². The molecule has 30 heavy (non-hydrogen) atoms. The van der Waals surface area contributed by atoms with E-state index in [9.17, 15) is 19.7 Å². The quantitative estimate of drug-likeness (QED) is 0.271. The number of hydrogen-bond acceptors (Lipinski definition) is 5. The van der Waals surface area contributed by atoms with Gasteiger partial charge in [0, 0.05) is 30.8 Å². The number of esters is 1. The van der Waals surface area contributed by atoms with Gasteiger partial charge in [-0.3, -0.25) is 14.9 Å². The third-order valence-corrected chi connectivity index (χ3v) is 5.17. The minimum absolute atomic E-state index is 0.0244. The zero-order chi connectivity index (χ0) is 21.5. The predicted molar refractivity (Wildman–Crippen MR) is 112 cm³/mol. The van der Waals surface area contributed by atoms with Crippen LogP contribution in [0.1, 0.15) is 30.9 Å². The second-order valence-electron chi connectivity index (χ2n) is 7.37. The highest BCUT2D eigenvalue weighted by Gasteiger charge is 2.34. The number of rotatable bonds is 9. The van der Waals surface area contributed by atoms with E-state index in [-0.39, 0.29) is 24.2 Å². The lowest BCUT2D eigenvalue weighted by Crippen LogP contribution is -2.41. The molecule has 2 aromatic carbocycles. The molecule has 1 aliphatic rings. The molecule has 0 N–H and O–H groups in total. The van der Waals surface area contributed by atoms with Crippen molar-refractivity contribution in [3.8, 4) is 0 Å². The molecular weight excluding hydrogens is 384 g/mol. The average Bonchev–Trinajstić information content (AvgIpc) is 3.60. The molecule has 156 valence electrons. The highest BCUT2D eigenvalue weighted by molar-refractivity contribution is 5.89. The van der Waals surface area contributed by atoms with Crippen molar-refractivity contribution in [2.75, 3.05) is 6.61 Å². The van der Waals surface area contributed by atoms with Crippen LogP contribution in [0.4, 0.5) is 5.69 Å². The lowest BCUT2D eigenvalue weighted by Gasteiger charge is -2.29. The summed E-state index contributed by atoms with van der Waals surface area (Å²) < 4.78 is 5.13. The molecule has 0 bridgehead atoms. The lowest BCUT2D eigenvalue weighted by atomic mass is 10.1. The van der Waals surface area contributed by atoms with Crippen LogP contribution in [0.5, 0.6) is 0 Å². The molecule has 0 saturated heterocycles. The van der Waals surface area contributed by atoms with Gasteiger partial charge in [0.05, 0.1) is 4.92 Å². The number of carbonyl (C=O) groups excluding carboxylic acids is 2. The van der Waals surface area contributed by atoms with Gasteiger partial charge in [0.15, 0.2) is 6.61 Å². The van der Waals surface area contributed by atoms with Crippen molar-refractivity contribution in [2.45, 2.75) is 32.4 Å². The van der Waals surface area contributed by atoms with E-state index in [0.717, 1.165) is 18.4 Å². The van der Waals surface area contributed by atoms with Crippen molar-refractivity contribution >= 4 is 23.6 Å². The first-order chi connectivity index (χ1) is 14.4. The number of benzene rings is 2. The van der Waals surface area contributed by atoms with Gasteiger partial charge in [0.2, 0.25) is 0 Å².